The molecule has 0 saturated heterocycles. The molecule has 1 aromatic heterocycles. The molecule has 162 valence electrons. The summed E-state index contributed by atoms with van der Waals surface area (Å²) in [5.41, 5.74) is 6.00. The Kier molecular flexibility index (Phi) is 14.1. The van der Waals surface area contributed by atoms with Crippen molar-refractivity contribution < 1.29 is 9.94 Å². The van der Waals surface area contributed by atoms with Crippen LogP contribution in [0.2, 0.25) is 0 Å². The third kappa shape index (κ3) is 11.2. The first-order valence-corrected chi connectivity index (χ1v) is 11.3. The molecule has 6 nitrogen and oxygen atoms in total. The van der Waals surface area contributed by atoms with Gasteiger partial charge in [-0.3, -0.25) is 4.99 Å². The summed E-state index contributed by atoms with van der Waals surface area (Å²) in [4.78, 5) is 8.27. The molecule has 1 rings (SSSR count). The second kappa shape index (κ2) is 16.3. The van der Waals surface area contributed by atoms with Gasteiger partial charge in [0.1, 0.15) is 0 Å². The third-order valence-electron chi connectivity index (χ3n) is 5.16. The van der Waals surface area contributed by atoms with Gasteiger partial charge < -0.3 is 15.7 Å². The van der Waals surface area contributed by atoms with Crippen LogP contribution in [0.3, 0.4) is 0 Å². The van der Waals surface area contributed by atoms with Crippen molar-refractivity contribution in [2.75, 3.05) is 19.4 Å². The van der Waals surface area contributed by atoms with Crippen molar-refractivity contribution in [3.63, 3.8) is 0 Å². The second-order valence-corrected chi connectivity index (χ2v) is 7.66. The number of unbranched alkanes of at least 4 members (excludes halogenated alkanes) is 14. The van der Waals surface area contributed by atoms with E-state index in [-0.39, 0.29) is 5.95 Å². The number of hydrogen-bond acceptors (Lipinski definition) is 5. The highest BCUT2D eigenvalue weighted by molar-refractivity contribution is 5.21. The molecule has 0 fully saturated rings. The first-order valence-electron chi connectivity index (χ1n) is 11.3. The Balaban J connectivity index is 1.97. The topological polar surface area (TPSA) is 85.7 Å². The lowest BCUT2D eigenvalue weighted by molar-refractivity contribution is 0.173. The fourth-order valence-corrected chi connectivity index (χ4v) is 3.38. The molecule has 6 heteroatoms. The van der Waals surface area contributed by atoms with Gasteiger partial charge in [0.2, 0.25) is 11.8 Å². The van der Waals surface area contributed by atoms with Gasteiger partial charge in [0, 0.05) is 12.6 Å². The summed E-state index contributed by atoms with van der Waals surface area (Å²) in [5, 5.41) is 9.82. The summed E-state index contributed by atoms with van der Waals surface area (Å²) in [6.07, 6.45) is 20.2. The average molecular weight is 395 g/mol. The van der Waals surface area contributed by atoms with Crippen molar-refractivity contribution in [3.05, 3.63) is 11.6 Å². The number of nitrogens with zero attached hydrogens (tertiary/aromatic N) is 3. The molecule has 0 atom stereocenters. The van der Waals surface area contributed by atoms with Crippen molar-refractivity contribution in [3.8, 4) is 5.88 Å². The van der Waals surface area contributed by atoms with E-state index in [1.165, 1.54) is 97.0 Å². The molecule has 28 heavy (non-hydrogen) atoms. The Bertz CT molecular complexity index is 572. The zero-order valence-corrected chi connectivity index (χ0v) is 18.2. The lowest BCUT2D eigenvalue weighted by Crippen LogP contribution is -2.23. The van der Waals surface area contributed by atoms with Crippen LogP contribution in [0.25, 0.3) is 0 Å². The predicted octanol–water partition coefficient (Wildman–Crippen LogP) is 5.48. The van der Waals surface area contributed by atoms with E-state index in [1.54, 1.807) is 6.07 Å². The molecule has 0 aliphatic rings. The fourth-order valence-electron chi connectivity index (χ4n) is 3.38. The number of rotatable bonds is 17. The van der Waals surface area contributed by atoms with E-state index in [2.05, 4.69) is 16.9 Å². The maximum Gasteiger partial charge on any atom is 0.239 e. The van der Waals surface area contributed by atoms with E-state index in [0.717, 1.165) is 11.2 Å². The van der Waals surface area contributed by atoms with Gasteiger partial charge in [-0.15, -0.1) is 4.73 Å². The lowest BCUT2D eigenvalue weighted by atomic mass is 10.0. The van der Waals surface area contributed by atoms with Crippen LogP contribution in [0.4, 0.5) is 5.95 Å². The number of methoxy groups -OCH3 is 1. The number of nitrogens with two attached hydrogens (primary N) is 1. The van der Waals surface area contributed by atoms with Gasteiger partial charge in [0.05, 0.1) is 7.11 Å². The molecule has 0 radical (unpaired) electrons. The van der Waals surface area contributed by atoms with Gasteiger partial charge in [-0.25, -0.2) is 0 Å². The Morgan fingerprint density at radius 3 is 1.82 bits per heavy atom. The zero-order chi connectivity index (χ0) is 20.5. The minimum Gasteiger partial charge on any atom is -0.481 e. The monoisotopic (exact) mass is 394 g/mol. The number of ether oxygens (including phenoxy) is 1. The van der Waals surface area contributed by atoms with Crippen molar-refractivity contribution in [2.24, 2.45) is 4.99 Å². The van der Waals surface area contributed by atoms with Crippen molar-refractivity contribution in [2.45, 2.75) is 103 Å². The van der Waals surface area contributed by atoms with Crippen LogP contribution in [0.15, 0.2) is 11.1 Å². The largest absolute Gasteiger partial charge is 0.481 e. The lowest BCUT2D eigenvalue weighted by Gasteiger charge is -2.05. The highest BCUT2D eigenvalue weighted by Crippen LogP contribution is 2.13. The summed E-state index contributed by atoms with van der Waals surface area (Å²) in [7, 11) is 1.52. The number of nitrogen functional groups attached to an aromatic ring is 1. The van der Waals surface area contributed by atoms with E-state index in [4.69, 9.17) is 10.5 Å². The van der Waals surface area contributed by atoms with Gasteiger partial charge in [0.15, 0.2) is 5.49 Å². The van der Waals surface area contributed by atoms with E-state index >= 15 is 0 Å². The molecule has 0 aliphatic heterocycles. The first kappa shape index (κ1) is 24.3. The standard InChI is InChI=1S/C22H42N4O2/c1-3-4-5-6-7-8-9-10-11-12-13-14-15-16-17-18-24-20-19-21(28-2)25-22(23)26(20)27/h19,27H,3-18H2,1-2H3,(H2,23,25). The molecule has 3 N–H and O–H groups in total. The Morgan fingerprint density at radius 2 is 1.36 bits per heavy atom. The molecule has 1 heterocycles. The number of anilines is 1. The fraction of sp³-hybridized carbons (Fsp3) is 0.818. The molecule has 0 unspecified atom stereocenters. The number of hydrogen-bond donors (Lipinski definition) is 2. The molecule has 0 spiro atoms. The maximum absolute atomic E-state index is 9.82. The average Bonchev–Trinajstić information content (AvgIpc) is 2.70. The maximum atomic E-state index is 9.82. The second-order valence-electron chi connectivity index (χ2n) is 7.66. The molecule has 0 aromatic carbocycles. The summed E-state index contributed by atoms with van der Waals surface area (Å²) in [6.45, 7) is 2.95. The Hall–Kier alpha value is -1.72. The van der Waals surface area contributed by atoms with E-state index in [0.29, 0.717) is 17.9 Å². The van der Waals surface area contributed by atoms with E-state index in [1.807, 2.05) is 0 Å². The molecule has 1 aromatic rings. The van der Waals surface area contributed by atoms with Crippen LogP contribution in [0.5, 0.6) is 5.88 Å². The minimum absolute atomic E-state index is 0.0189. The summed E-state index contributed by atoms with van der Waals surface area (Å²) in [5.74, 6) is 0.340. The van der Waals surface area contributed by atoms with Crippen LogP contribution in [-0.4, -0.2) is 28.6 Å². The van der Waals surface area contributed by atoms with Crippen LogP contribution < -0.4 is 16.0 Å². The van der Waals surface area contributed by atoms with Crippen molar-refractivity contribution in [1.29, 1.82) is 0 Å². The van der Waals surface area contributed by atoms with Crippen molar-refractivity contribution >= 4 is 5.95 Å². The highest BCUT2D eigenvalue weighted by atomic mass is 16.5. The smallest absolute Gasteiger partial charge is 0.239 e. The molecule has 0 aliphatic carbocycles. The molecule has 0 amide bonds. The van der Waals surface area contributed by atoms with E-state index in [9.17, 15) is 5.21 Å². The van der Waals surface area contributed by atoms with Crippen LogP contribution in [0, 0.1) is 0 Å². The van der Waals surface area contributed by atoms with Crippen molar-refractivity contribution in [1.82, 2.24) is 9.71 Å². The molecular formula is C22H42N4O2. The van der Waals surface area contributed by atoms with Gasteiger partial charge in [0.25, 0.3) is 0 Å². The SMILES string of the molecule is CCCCCCCCCCCCCCCCCN=c1cc(OC)nc(N)n1O. The Morgan fingerprint density at radius 1 is 0.893 bits per heavy atom. The highest BCUT2D eigenvalue weighted by Gasteiger charge is 2.02. The molecular weight excluding hydrogens is 352 g/mol. The molecule has 0 saturated carbocycles. The molecule has 0 bridgehead atoms. The number of aromatic nitrogens is 2. The van der Waals surface area contributed by atoms with Gasteiger partial charge in [-0.1, -0.05) is 96.8 Å². The third-order valence-corrected chi connectivity index (χ3v) is 5.16. The predicted molar refractivity (Wildman–Crippen MR) is 116 cm³/mol. The van der Waals surface area contributed by atoms with Crippen LogP contribution in [-0.2, 0) is 0 Å². The summed E-state index contributed by atoms with van der Waals surface area (Å²) < 4.78 is 5.85. The van der Waals surface area contributed by atoms with Crippen LogP contribution in [0.1, 0.15) is 103 Å². The van der Waals surface area contributed by atoms with E-state index < -0.39 is 0 Å². The van der Waals surface area contributed by atoms with Gasteiger partial charge >= 0.3 is 0 Å². The summed E-state index contributed by atoms with van der Waals surface area (Å²) >= 11 is 0. The van der Waals surface area contributed by atoms with Gasteiger partial charge in [-0.2, -0.15) is 4.98 Å². The van der Waals surface area contributed by atoms with Crippen LogP contribution >= 0.6 is 0 Å². The first-order chi connectivity index (χ1) is 13.7. The zero-order valence-electron chi connectivity index (χ0n) is 18.2. The van der Waals surface area contributed by atoms with Gasteiger partial charge in [-0.05, 0) is 6.42 Å². The summed E-state index contributed by atoms with van der Waals surface area (Å²) in [6, 6.07) is 1.58. The normalized spacial score (nSPS) is 11.9. The Labute approximate surface area is 171 Å². The quantitative estimate of drug-likeness (QED) is 0.270. The minimum atomic E-state index is -0.0189.